The van der Waals surface area contributed by atoms with Crippen molar-refractivity contribution in [3.63, 3.8) is 0 Å². The van der Waals surface area contributed by atoms with E-state index >= 15 is 0 Å². The van der Waals surface area contributed by atoms with Gasteiger partial charge in [-0.05, 0) is 10.8 Å². The van der Waals surface area contributed by atoms with Crippen LogP contribution in [0, 0.1) is 10.8 Å². The van der Waals surface area contributed by atoms with E-state index in [1.165, 1.54) is 0 Å². The van der Waals surface area contributed by atoms with Crippen molar-refractivity contribution in [1.29, 1.82) is 0 Å². The van der Waals surface area contributed by atoms with Gasteiger partial charge in [-0.25, -0.2) is 0 Å². The normalized spacial score (nSPS) is 11.8. The molecule has 0 aliphatic rings. The molecular formula is C14H22O3. The molecule has 0 saturated heterocycles. The molecule has 96 valence electrons. The number of rotatable bonds is 6. The predicted molar refractivity (Wildman–Crippen MR) is 68.3 cm³/mol. The average molecular weight is 238 g/mol. The number of carbonyl (C=O) groups excluding carboxylic acids is 2. The third-order valence-corrected chi connectivity index (χ3v) is 2.53. The van der Waals surface area contributed by atoms with Crippen LogP contribution in [-0.2, 0) is 14.3 Å². The summed E-state index contributed by atoms with van der Waals surface area (Å²) in [5.41, 5.74) is -0.712. The number of esters is 2. The van der Waals surface area contributed by atoms with Crippen LogP contribution in [0.4, 0.5) is 0 Å². The molecule has 0 heterocycles. The molecule has 0 atom stereocenters. The SMILES string of the molecule is C=CC(C)(C)CC(=O)OC(=O)CC(C)(C)C=C. The van der Waals surface area contributed by atoms with Crippen LogP contribution in [0.25, 0.3) is 0 Å². The van der Waals surface area contributed by atoms with Gasteiger partial charge >= 0.3 is 11.9 Å². The summed E-state index contributed by atoms with van der Waals surface area (Å²) in [5, 5.41) is 0. The van der Waals surface area contributed by atoms with Gasteiger partial charge in [0.05, 0.1) is 12.8 Å². The Kier molecular flexibility index (Phi) is 5.33. The number of ether oxygens (including phenoxy) is 1. The summed E-state index contributed by atoms with van der Waals surface area (Å²) < 4.78 is 4.75. The molecule has 0 aliphatic heterocycles. The van der Waals surface area contributed by atoms with Crippen molar-refractivity contribution in [2.24, 2.45) is 10.8 Å². The average Bonchev–Trinajstić information content (AvgIpc) is 2.15. The van der Waals surface area contributed by atoms with Crippen molar-refractivity contribution < 1.29 is 14.3 Å². The molecule has 17 heavy (non-hydrogen) atoms. The Bertz CT molecular complexity index is 292. The Hall–Kier alpha value is -1.38. The van der Waals surface area contributed by atoms with E-state index < -0.39 is 11.9 Å². The monoisotopic (exact) mass is 238 g/mol. The molecule has 3 heteroatoms. The maximum atomic E-state index is 11.5. The molecule has 0 N–H and O–H groups in total. The quantitative estimate of drug-likeness (QED) is 0.405. The predicted octanol–water partition coefficient (Wildman–Crippen LogP) is 3.26. The smallest absolute Gasteiger partial charge is 0.314 e. The molecule has 0 aromatic carbocycles. The molecule has 0 spiro atoms. The van der Waals surface area contributed by atoms with Gasteiger partial charge in [0.15, 0.2) is 0 Å². The summed E-state index contributed by atoms with van der Waals surface area (Å²) >= 11 is 0. The van der Waals surface area contributed by atoms with Gasteiger partial charge in [0.1, 0.15) is 0 Å². The van der Waals surface area contributed by atoms with Crippen LogP contribution in [0.1, 0.15) is 40.5 Å². The first-order valence-corrected chi connectivity index (χ1v) is 5.62. The molecule has 0 rings (SSSR count). The molecule has 0 aromatic heterocycles. The number of carbonyl (C=O) groups is 2. The second-order valence-electron chi connectivity index (χ2n) is 5.59. The number of hydrogen-bond acceptors (Lipinski definition) is 3. The third kappa shape index (κ3) is 6.72. The third-order valence-electron chi connectivity index (χ3n) is 2.53. The second kappa shape index (κ2) is 5.80. The topological polar surface area (TPSA) is 43.4 Å². The Balaban J connectivity index is 4.28. The fraction of sp³-hybridized carbons (Fsp3) is 0.571. The Morgan fingerprint density at radius 2 is 1.24 bits per heavy atom. The maximum Gasteiger partial charge on any atom is 0.314 e. The summed E-state index contributed by atoms with van der Waals surface area (Å²) in [6.07, 6.45) is 3.65. The minimum atomic E-state index is -0.514. The molecule has 0 aromatic rings. The van der Waals surface area contributed by atoms with E-state index in [0.717, 1.165) is 0 Å². The van der Waals surface area contributed by atoms with Gasteiger partial charge in [0.2, 0.25) is 0 Å². The van der Waals surface area contributed by atoms with Gasteiger partial charge in [-0.2, -0.15) is 0 Å². The maximum absolute atomic E-state index is 11.5. The van der Waals surface area contributed by atoms with Gasteiger partial charge in [-0.15, -0.1) is 13.2 Å². The first-order chi connectivity index (χ1) is 7.62. The van der Waals surface area contributed by atoms with E-state index in [4.69, 9.17) is 4.74 Å². The fourth-order valence-corrected chi connectivity index (χ4v) is 1.09. The zero-order valence-electron chi connectivity index (χ0n) is 11.2. The van der Waals surface area contributed by atoms with Crippen LogP contribution in [-0.4, -0.2) is 11.9 Å². The molecule has 3 nitrogen and oxygen atoms in total. The highest BCUT2D eigenvalue weighted by Crippen LogP contribution is 2.24. The lowest BCUT2D eigenvalue weighted by Gasteiger charge is -2.20. The Labute approximate surface area is 104 Å². The molecule has 0 amide bonds. The fourth-order valence-electron chi connectivity index (χ4n) is 1.09. The highest BCUT2D eigenvalue weighted by molar-refractivity contribution is 5.86. The van der Waals surface area contributed by atoms with Gasteiger partial charge < -0.3 is 4.74 Å². The van der Waals surface area contributed by atoms with Gasteiger partial charge in [-0.3, -0.25) is 9.59 Å². The number of allylic oxidation sites excluding steroid dienone is 2. The molecule has 0 aliphatic carbocycles. The van der Waals surface area contributed by atoms with Crippen molar-refractivity contribution in [1.82, 2.24) is 0 Å². The van der Waals surface area contributed by atoms with Crippen molar-refractivity contribution in [2.75, 3.05) is 0 Å². The van der Waals surface area contributed by atoms with Crippen LogP contribution in [0.3, 0.4) is 0 Å². The largest absolute Gasteiger partial charge is 0.393 e. The zero-order chi connectivity index (χ0) is 13.7. The van der Waals surface area contributed by atoms with E-state index in [1.54, 1.807) is 12.2 Å². The van der Waals surface area contributed by atoms with Crippen LogP contribution >= 0.6 is 0 Å². The summed E-state index contributed by atoms with van der Waals surface area (Å²) in [4.78, 5) is 23.0. The summed E-state index contributed by atoms with van der Waals surface area (Å²) in [5.74, 6) is -1.03. The van der Waals surface area contributed by atoms with Gasteiger partial charge in [0, 0.05) is 0 Å². The standard InChI is InChI=1S/C14H22O3/c1-7-13(3,4)9-11(15)17-12(16)10-14(5,6)8-2/h7-8H,1-2,9-10H2,3-6H3. The molecular weight excluding hydrogens is 216 g/mol. The van der Waals surface area contributed by atoms with Crippen molar-refractivity contribution in [2.45, 2.75) is 40.5 Å². The highest BCUT2D eigenvalue weighted by atomic mass is 16.6. The van der Waals surface area contributed by atoms with Crippen molar-refractivity contribution in [3.8, 4) is 0 Å². The first-order valence-electron chi connectivity index (χ1n) is 5.62. The van der Waals surface area contributed by atoms with E-state index in [1.807, 2.05) is 27.7 Å². The van der Waals surface area contributed by atoms with Crippen molar-refractivity contribution >= 4 is 11.9 Å². The van der Waals surface area contributed by atoms with E-state index in [-0.39, 0.29) is 23.7 Å². The Morgan fingerprint density at radius 3 is 1.47 bits per heavy atom. The second-order valence-corrected chi connectivity index (χ2v) is 5.59. The summed E-state index contributed by atoms with van der Waals surface area (Å²) in [7, 11) is 0. The van der Waals surface area contributed by atoms with Crippen molar-refractivity contribution in [3.05, 3.63) is 25.3 Å². The summed E-state index contributed by atoms with van der Waals surface area (Å²) in [6.45, 7) is 14.7. The first kappa shape index (κ1) is 15.6. The molecule has 0 unspecified atom stereocenters. The molecule has 0 fully saturated rings. The Morgan fingerprint density at radius 1 is 0.941 bits per heavy atom. The lowest BCUT2D eigenvalue weighted by Crippen LogP contribution is -2.22. The van der Waals surface area contributed by atoms with E-state index in [9.17, 15) is 9.59 Å². The molecule has 0 bridgehead atoms. The highest BCUT2D eigenvalue weighted by Gasteiger charge is 2.24. The van der Waals surface area contributed by atoms with Gasteiger partial charge in [0.25, 0.3) is 0 Å². The lowest BCUT2D eigenvalue weighted by atomic mass is 9.89. The molecule has 0 saturated carbocycles. The van der Waals surface area contributed by atoms with E-state index in [2.05, 4.69) is 13.2 Å². The molecule has 0 radical (unpaired) electrons. The summed E-state index contributed by atoms with van der Waals surface area (Å²) in [6, 6.07) is 0. The minimum absolute atomic E-state index is 0.150. The van der Waals surface area contributed by atoms with Crippen LogP contribution in [0.2, 0.25) is 0 Å². The zero-order valence-corrected chi connectivity index (χ0v) is 11.2. The van der Waals surface area contributed by atoms with Crippen LogP contribution < -0.4 is 0 Å². The van der Waals surface area contributed by atoms with E-state index in [0.29, 0.717) is 0 Å². The lowest BCUT2D eigenvalue weighted by molar-refractivity contribution is -0.161. The van der Waals surface area contributed by atoms with Gasteiger partial charge in [-0.1, -0.05) is 39.8 Å². The number of hydrogen-bond donors (Lipinski definition) is 0. The van der Waals surface area contributed by atoms with Crippen LogP contribution in [0.5, 0.6) is 0 Å². The van der Waals surface area contributed by atoms with Crippen LogP contribution in [0.15, 0.2) is 25.3 Å². The minimum Gasteiger partial charge on any atom is -0.393 e.